The molecule has 4 heteroatoms. The zero-order valence-corrected chi connectivity index (χ0v) is 12.7. The zero-order chi connectivity index (χ0) is 14.5. The largest absolute Gasteiger partial charge is 0.311 e. The summed E-state index contributed by atoms with van der Waals surface area (Å²) in [6.07, 6.45) is 7.11. The first-order chi connectivity index (χ1) is 9.59. The Hall–Kier alpha value is -1.09. The molecule has 110 valence electrons. The fourth-order valence-electron chi connectivity index (χ4n) is 2.62. The first kappa shape index (κ1) is 15.3. The van der Waals surface area contributed by atoms with E-state index in [0.717, 1.165) is 25.7 Å². The van der Waals surface area contributed by atoms with Gasteiger partial charge in [-0.25, -0.2) is 4.39 Å². The van der Waals surface area contributed by atoms with Gasteiger partial charge < -0.3 is 4.90 Å². The summed E-state index contributed by atoms with van der Waals surface area (Å²) in [6, 6.07) is 2.99. The predicted molar refractivity (Wildman–Crippen MR) is 80.8 cm³/mol. The van der Waals surface area contributed by atoms with Crippen LogP contribution in [0.5, 0.6) is 0 Å². The van der Waals surface area contributed by atoms with Gasteiger partial charge in [-0.3, -0.25) is 4.79 Å². The molecule has 1 aliphatic heterocycles. The lowest BCUT2D eigenvalue weighted by atomic mass is 10.1. The molecule has 2 rings (SSSR count). The van der Waals surface area contributed by atoms with Crippen molar-refractivity contribution < 1.29 is 9.18 Å². The van der Waals surface area contributed by atoms with E-state index < -0.39 is 0 Å². The molecule has 1 aromatic carbocycles. The molecule has 1 amide bonds. The smallest absolute Gasteiger partial charge is 0.227 e. The maximum atomic E-state index is 13.5. The molecule has 2 nitrogen and oxygen atoms in total. The number of benzene rings is 1. The molecule has 0 N–H and O–H groups in total. The van der Waals surface area contributed by atoms with E-state index in [1.165, 1.54) is 18.9 Å². The molecule has 0 bridgehead atoms. The van der Waals surface area contributed by atoms with Gasteiger partial charge in [0.15, 0.2) is 0 Å². The molecule has 1 fully saturated rings. The molecule has 1 aromatic rings. The molecule has 20 heavy (non-hydrogen) atoms. The van der Waals surface area contributed by atoms with Gasteiger partial charge in [-0.15, -0.1) is 0 Å². The molecule has 0 spiro atoms. The Morgan fingerprint density at radius 2 is 1.75 bits per heavy atom. The summed E-state index contributed by atoms with van der Waals surface area (Å²) in [5, 5.41) is 0.318. The summed E-state index contributed by atoms with van der Waals surface area (Å²) in [4.78, 5) is 14.1. The van der Waals surface area contributed by atoms with Crippen LogP contribution in [0.3, 0.4) is 0 Å². The summed E-state index contributed by atoms with van der Waals surface area (Å²) >= 11 is 6.13. The van der Waals surface area contributed by atoms with Crippen LogP contribution in [-0.2, 0) is 4.79 Å². The molecule has 0 radical (unpaired) electrons. The van der Waals surface area contributed by atoms with Crippen LogP contribution in [0.2, 0.25) is 5.02 Å². The van der Waals surface area contributed by atoms with E-state index in [1.807, 2.05) is 0 Å². The number of amides is 1. The number of hydrogen-bond acceptors (Lipinski definition) is 1. The maximum Gasteiger partial charge on any atom is 0.227 e. The SMILES string of the molecule is Cc1cc(N2CCCCCCCCC2=O)c(Cl)cc1F. The minimum Gasteiger partial charge on any atom is -0.311 e. The van der Waals surface area contributed by atoms with Crippen molar-refractivity contribution in [3.63, 3.8) is 0 Å². The van der Waals surface area contributed by atoms with Gasteiger partial charge in [0.1, 0.15) is 5.82 Å². The van der Waals surface area contributed by atoms with Crippen molar-refractivity contribution in [2.45, 2.75) is 51.9 Å². The van der Waals surface area contributed by atoms with Gasteiger partial charge in [-0.1, -0.05) is 37.3 Å². The number of carbonyl (C=O) groups excluding carboxylic acids is 1. The number of carbonyl (C=O) groups is 1. The average molecular weight is 298 g/mol. The first-order valence-corrected chi connectivity index (χ1v) is 7.73. The molecule has 0 saturated carbocycles. The van der Waals surface area contributed by atoms with Gasteiger partial charge in [-0.05, 0) is 37.5 Å². The topological polar surface area (TPSA) is 20.3 Å². The van der Waals surface area contributed by atoms with E-state index in [9.17, 15) is 9.18 Å². The van der Waals surface area contributed by atoms with Crippen molar-refractivity contribution in [1.29, 1.82) is 0 Å². The van der Waals surface area contributed by atoms with Crippen LogP contribution in [0.15, 0.2) is 12.1 Å². The third kappa shape index (κ3) is 3.72. The molecular weight excluding hydrogens is 277 g/mol. The van der Waals surface area contributed by atoms with E-state index in [0.29, 0.717) is 29.2 Å². The lowest BCUT2D eigenvalue weighted by Crippen LogP contribution is -2.32. The van der Waals surface area contributed by atoms with Crippen LogP contribution in [-0.4, -0.2) is 12.5 Å². The fourth-order valence-corrected chi connectivity index (χ4v) is 2.87. The number of nitrogens with zero attached hydrogens (tertiary/aromatic N) is 1. The van der Waals surface area contributed by atoms with E-state index in [1.54, 1.807) is 17.9 Å². The lowest BCUT2D eigenvalue weighted by molar-refractivity contribution is -0.118. The lowest BCUT2D eigenvalue weighted by Gasteiger charge is -2.25. The number of aryl methyl sites for hydroxylation is 1. The standard InChI is InChI=1S/C16H21ClFNO/c1-12-10-15(13(17)11-14(12)18)19-9-7-5-3-2-4-6-8-16(19)20/h10-11H,2-9H2,1H3. The van der Waals surface area contributed by atoms with Gasteiger partial charge in [0.05, 0.1) is 10.7 Å². The zero-order valence-electron chi connectivity index (χ0n) is 11.9. The number of halogens is 2. The summed E-state index contributed by atoms with van der Waals surface area (Å²) in [7, 11) is 0. The van der Waals surface area contributed by atoms with Crippen molar-refractivity contribution >= 4 is 23.2 Å². The summed E-state index contributed by atoms with van der Waals surface area (Å²) in [6.45, 7) is 2.37. The molecule has 1 saturated heterocycles. The average Bonchev–Trinajstić information content (AvgIpc) is 2.42. The van der Waals surface area contributed by atoms with E-state index >= 15 is 0 Å². The van der Waals surface area contributed by atoms with Gasteiger partial charge >= 0.3 is 0 Å². The minimum absolute atomic E-state index is 0.0970. The van der Waals surface area contributed by atoms with Crippen molar-refractivity contribution in [3.8, 4) is 0 Å². The van der Waals surface area contributed by atoms with Gasteiger partial charge in [-0.2, -0.15) is 0 Å². The van der Waals surface area contributed by atoms with Crippen LogP contribution in [0, 0.1) is 12.7 Å². The highest BCUT2D eigenvalue weighted by molar-refractivity contribution is 6.33. The van der Waals surface area contributed by atoms with Crippen LogP contribution in [0.25, 0.3) is 0 Å². The summed E-state index contributed by atoms with van der Waals surface area (Å²) < 4.78 is 13.5. The Kier molecular flexibility index (Phi) is 5.41. The molecule has 0 unspecified atom stereocenters. The number of hydrogen-bond donors (Lipinski definition) is 0. The normalized spacial score (nSPS) is 18.1. The van der Waals surface area contributed by atoms with Crippen LogP contribution in [0.1, 0.15) is 50.5 Å². The first-order valence-electron chi connectivity index (χ1n) is 7.35. The molecule has 1 aliphatic rings. The third-order valence-electron chi connectivity index (χ3n) is 3.84. The maximum absolute atomic E-state index is 13.5. The van der Waals surface area contributed by atoms with Crippen LogP contribution >= 0.6 is 11.6 Å². The fraction of sp³-hybridized carbons (Fsp3) is 0.562. The number of anilines is 1. The van der Waals surface area contributed by atoms with E-state index in [2.05, 4.69) is 0 Å². The van der Waals surface area contributed by atoms with Crippen molar-refractivity contribution in [2.24, 2.45) is 0 Å². The minimum atomic E-state index is -0.327. The summed E-state index contributed by atoms with van der Waals surface area (Å²) in [5.41, 5.74) is 1.17. The highest BCUT2D eigenvalue weighted by atomic mass is 35.5. The van der Waals surface area contributed by atoms with Crippen molar-refractivity contribution in [1.82, 2.24) is 0 Å². The Labute approximate surface area is 124 Å². The third-order valence-corrected chi connectivity index (χ3v) is 4.15. The predicted octanol–water partition coefficient (Wildman–Crippen LogP) is 4.86. The van der Waals surface area contributed by atoms with Gasteiger partial charge in [0, 0.05) is 13.0 Å². The summed E-state index contributed by atoms with van der Waals surface area (Å²) in [5.74, 6) is -0.230. The van der Waals surface area contributed by atoms with Crippen molar-refractivity contribution in [2.75, 3.05) is 11.4 Å². The molecule has 1 heterocycles. The van der Waals surface area contributed by atoms with Gasteiger partial charge in [0.2, 0.25) is 5.91 Å². The van der Waals surface area contributed by atoms with Crippen LogP contribution < -0.4 is 4.90 Å². The highest BCUT2D eigenvalue weighted by Crippen LogP contribution is 2.30. The molecule has 0 aromatic heterocycles. The van der Waals surface area contributed by atoms with E-state index in [4.69, 9.17) is 11.6 Å². The quantitative estimate of drug-likeness (QED) is 0.724. The second-order valence-electron chi connectivity index (χ2n) is 5.47. The van der Waals surface area contributed by atoms with Gasteiger partial charge in [0.25, 0.3) is 0 Å². The second kappa shape index (κ2) is 7.07. The monoisotopic (exact) mass is 297 g/mol. The Morgan fingerprint density at radius 1 is 1.10 bits per heavy atom. The number of rotatable bonds is 1. The Bertz CT molecular complexity index is 490. The second-order valence-corrected chi connectivity index (χ2v) is 5.88. The highest BCUT2D eigenvalue weighted by Gasteiger charge is 2.19. The molecular formula is C16H21ClFNO. The molecule has 0 atom stereocenters. The Morgan fingerprint density at radius 3 is 2.50 bits per heavy atom. The van der Waals surface area contributed by atoms with Crippen molar-refractivity contribution in [3.05, 3.63) is 28.5 Å². The van der Waals surface area contributed by atoms with E-state index in [-0.39, 0.29) is 11.7 Å². The van der Waals surface area contributed by atoms with Crippen LogP contribution in [0.4, 0.5) is 10.1 Å². The Balaban J connectivity index is 2.26. The molecule has 0 aliphatic carbocycles.